The molecular weight excluding hydrogens is 386 g/mol. The van der Waals surface area contributed by atoms with Crippen molar-refractivity contribution in [1.29, 1.82) is 0 Å². The lowest BCUT2D eigenvalue weighted by Gasteiger charge is -2.27. The normalized spacial score (nSPS) is 17.5. The summed E-state index contributed by atoms with van der Waals surface area (Å²) in [6.07, 6.45) is 3.85. The number of amides is 2. The average molecular weight is 412 g/mol. The van der Waals surface area contributed by atoms with E-state index in [1.165, 1.54) is 4.90 Å². The molecule has 5 nitrogen and oxygen atoms in total. The fourth-order valence-electron chi connectivity index (χ4n) is 4.74. The number of anilines is 1. The van der Waals surface area contributed by atoms with Gasteiger partial charge in [-0.2, -0.15) is 0 Å². The van der Waals surface area contributed by atoms with Crippen LogP contribution in [-0.2, 0) is 0 Å². The smallest absolute Gasteiger partial charge is 0.261 e. The number of rotatable bonds is 5. The maximum Gasteiger partial charge on any atom is 0.261 e. The van der Waals surface area contributed by atoms with Gasteiger partial charge in [-0.05, 0) is 47.6 Å². The van der Waals surface area contributed by atoms with Crippen LogP contribution < -0.4 is 21.5 Å². The first kappa shape index (κ1) is 19.4. The summed E-state index contributed by atoms with van der Waals surface area (Å²) in [6, 6.07) is 17.2. The van der Waals surface area contributed by atoms with Crippen molar-refractivity contribution in [2.24, 2.45) is 5.92 Å². The van der Waals surface area contributed by atoms with Crippen LogP contribution in [0.2, 0.25) is 0 Å². The summed E-state index contributed by atoms with van der Waals surface area (Å²) in [5.74, 6) is -0.0747. The van der Waals surface area contributed by atoms with Crippen LogP contribution in [0.15, 0.2) is 54.6 Å². The molecule has 0 spiro atoms. The molecule has 5 rings (SSSR count). The maximum atomic E-state index is 13.0. The molecule has 0 fully saturated rings. The van der Waals surface area contributed by atoms with Crippen molar-refractivity contribution < 1.29 is 9.59 Å². The Morgan fingerprint density at radius 3 is 2.39 bits per heavy atom. The Morgan fingerprint density at radius 2 is 1.68 bits per heavy atom. The summed E-state index contributed by atoms with van der Waals surface area (Å²) >= 11 is 0. The fraction of sp³-hybridized carbons (Fsp3) is 0.231. The number of carbonyl (C=O) groups excluding carboxylic acids is 2. The van der Waals surface area contributed by atoms with Crippen LogP contribution in [-0.4, -0.2) is 29.8 Å². The summed E-state index contributed by atoms with van der Waals surface area (Å²) in [4.78, 5) is 27.4. The minimum Gasteiger partial charge on any atom is -0.398 e. The van der Waals surface area contributed by atoms with E-state index in [2.05, 4.69) is 24.4 Å². The largest absolute Gasteiger partial charge is 0.398 e. The Labute approximate surface area is 180 Å². The topological polar surface area (TPSA) is 75.4 Å². The van der Waals surface area contributed by atoms with Crippen LogP contribution in [0.3, 0.4) is 0 Å². The molecule has 0 bridgehead atoms. The zero-order valence-corrected chi connectivity index (χ0v) is 17.5. The SMILES string of the molecule is CC1CC=c2cccc(N)c2=C1NCCCN1C(=O)c2cccc3cccc(c23)C1=O. The monoisotopic (exact) mass is 411 g/mol. The van der Waals surface area contributed by atoms with E-state index in [-0.39, 0.29) is 11.8 Å². The van der Waals surface area contributed by atoms with Gasteiger partial charge in [0.25, 0.3) is 11.8 Å². The quantitative estimate of drug-likeness (QED) is 0.385. The third kappa shape index (κ3) is 3.17. The first-order valence-corrected chi connectivity index (χ1v) is 10.8. The highest BCUT2D eigenvalue weighted by atomic mass is 16.2. The molecule has 2 amide bonds. The van der Waals surface area contributed by atoms with Gasteiger partial charge in [0.05, 0.1) is 0 Å². The number of hydrogen-bond acceptors (Lipinski definition) is 4. The Morgan fingerprint density at radius 1 is 1.00 bits per heavy atom. The lowest BCUT2D eigenvalue weighted by atomic mass is 9.94. The van der Waals surface area contributed by atoms with Crippen LogP contribution in [0.5, 0.6) is 0 Å². The van der Waals surface area contributed by atoms with Crippen molar-refractivity contribution in [3.63, 3.8) is 0 Å². The molecular formula is C26H25N3O2. The molecule has 1 heterocycles. The first-order chi connectivity index (χ1) is 15.1. The number of nitrogens with one attached hydrogen (secondary N) is 1. The van der Waals surface area contributed by atoms with Crippen molar-refractivity contribution in [2.45, 2.75) is 19.8 Å². The number of nitrogens with zero attached hydrogens (tertiary/aromatic N) is 1. The lowest BCUT2D eigenvalue weighted by molar-refractivity contribution is 0.0609. The third-order valence-electron chi connectivity index (χ3n) is 6.31. The lowest BCUT2D eigenvalue weighted by Crippen LogP contribution is -2.42. The molecule has 1 atom stereocenters. The van der Waals surface area contributed by atoms with Crippen LogP contribution in [0.25, 0.3) is 22.5 Å². The van der Waals surface area contributed by atoms with E-state index < -0.39 is 0 Å². The maximum absolute atomic E-state index is 13.0. The summed E-state index contributed by atoms with van der Waals surface area (Å²) < 4.78 is 0. The van der Waals surface area contributed by atoms with Crippen molar-refractivity contribution in [3.8, 4) is 0 Å². The number of nitrogens with two attached hydrogens (primary N) is 1. The Balaban J connectivity index is 1.34. The van der Waals surface area contributed by atoms with Crippen LogP contribution >= 0.6 is 0 Å². The standard InChI is InChI=1S/C26H25N3O2/c1-16-12-13-18-8-4-11-21(27)23(18)24(16)28-14-5-15-29-25(30)19-9-2-6-17-7-3-10-20(22(17)19)26(29)31/h2-4,6-11,13,16,28H,5,12,14-15,27H2,1H3. The second-order valence-corrected chi connectivity index (χ2v) is 8.32. The molecule has 3 aromatic carbocycles. The molecule has 1 aliphatic carbocycles. The number of nitrogen functional groups attached to an aromatic ring is 1. The Kier molecular flexibility index (Phi) is 4.74. The Hall–Kier alpha value is -3.60. The molecule has 156 valence electrons. The summed E-state index contributed by atoms with van der Waals surface area (Å²) in [7, 11) is 0. The van der Waals surface area contributed by atoms with Gasteiger partial charge >= 0.3 is 0 Å². The highest BCUT2D eigenvalue weighted by molar-refractivity contribution is 6.25. The molecule has 0 radical (unpaired) electrons. The predicted molar refractivity (Wildman–Crippen MR) is 124 cm³/mol. The Bertz CT molecular complexity index is 1290. The van der Waals surface area contributed by atoms with Gasteiger partial charge in [0.15, 0.2) is 0 Å². The van der Waals surface area contributed by atoms with Crippen LogP contribution in [0, 0.1) is 5.92 Å². The van der Waals surface area contributed by atoms with Gasteiger partial charge in [0, 0.05) is 46.2 Å². The first-order valence-electron chi connectivity index (χ1n) is 10.8. The van der Waals surface area contributed by atoms with Gasteiger partial charge in [0.2, 0.25) is 0 Å². The number of imide groups is 1. The number of carbonyl (C=O) groups is 2. The van der Waals surface area contributed by atoms with E-state index in [4.69, 9.17) is 5.73 Å². The number of benzene rings is 3. The van der Waals surface area contributed by atoms with Gasteiger partial charge in [0.1, 0.15) is 0 Å². The van der Waals surface area contributed by atoms with E-state index in [1.807, 2.05) is 48.5 Å². The highest BCUT2D eigenvalue weighted by Gasteiger charge is 2.32. The fourth-order valence-corrected chi connectivity index (χ4v) is 4.74. The van der Waals surface area contributed by atoms with Gasteiger partial charge in [-0.3, -0.25) is 14.5 Å². The minimum atomic E-state index is -0.211. The highest BCUT2D eigenvalue weighted by Crippen LogP contribution is 2.30. The molecule has 0 saturated carbocycles. The van der Waals surface area contributed by atoms with E-state index in [9.17, 15) is 9.59 Å². The molecule has 3 aromatic rings. The molecule has 1 unspecified atom stereocenters. The van der Waals surface area contributed by atoms with Gasteiger partial charge < -0.3 is 11.1 Å². The van der Waals surface area contributed by atoms with E-state index in [0.717, 1.165) is 39.0 Å². The summed E-state index contributed by atoms with van der Waals surface area (Å²) in [5.41, 5.74) is 9.38. The molecule has 3 N–H and O–H groups in total. The minimum absolute atomic E-state index is 0.211. The number of fused-ring (bicyclic) bond motifs is 1. The van der Waals surface area contributed by atoms with Crippen LogP contribution in [0.4, 0.5) is 5.69 Å². The molecule has 5 heteroatoms. The van der Waals surface area contributed by atoms with Crippen LogP contribution in [0.1, 0.15) is 40.5 Å². The van der Waals surface area contributed by atoms with E-state index in [1.54, 1.807) is 0 Å². The molecule has 31 heavy (non-hydrogen) atoms. The zero-order chi connectivity index (χ0) is 21.5. The molecule has 0 aromatic heterocycles. The second-order valence-electron chi connectivity index (χ2n) is 8.32. The molecule has 0 saturated heterocycles. The summed E-state index contributed by atoms with van der Waals surface area (Å²) in [6.45, 7) is 3.22. The van der Waals surface area contributed by atoms with E-state index >= 15 is 0 Å². The van der Waals surface area contributed by atoms with Gasteiger partial charge in [-0.1, -0.05) is 49.4 Å². The third-order valence-corrected chi connectivity index (χ3v) is 6.31. The average Bonchev–Trinajstić information content (AvgIpc) is 2.78. The number of hydrogen-bond donors (Lipinski definition) is 2. The van der Waals surface area contributed by atoms with Gasteiger partial charge in [-0.15, -0.1) is 0 Å². The molecule has 2 aliphatic rings. The zero-order valence-electron chi connectivity index (χ0n) is 17.5. The van der Waals surface area contributed by atoms with Crippen molar-refractivity contribution in [3.05, 3.63) is 76.2 Å². The predicted octanol–water partition coefficient (Wildman–Crippen LogP) is 2.63. The van der Waals surface area contributed by atoms with E-state index in [0.29, 0.717) is 36.6 Å². The summed E-state index contributed by atoms with van der Waals surface area (Å²) in [5, 5.41) is 7.47. The van der Waals surface area contributed by atoms with Crippen molar-refractivity contribution in [2.75, 3.05) is 18.8 Å². The van der Waals surface area contributed by atoms with Crippen molar-refractivity contribution in [1.82, 2.24) is 10.2 Å². The molecule has 1 aliphatic heterocycles. The van der Waals surface area contributed by atoms with Gasteiger partial charge in [-0.25, -0.2) is 0 Å². The van der Waals surface area contributed by atoms with Crippen molar-refractivity contribution >= 4 is 40.0 Å². The second kappa shape index (κ2) is 7.58.